The van der Waals surface area contributed by atoms with Gasteiger partial charge in [-0.1, -0.05) is 42.5 Å². The number of fused-ring (bicyclic) bond motifs is 1. The quantitative estimate of drug-likeness (QED) is 0.582. The fourth-order valence-corrected chi connectivity index (χ4v) is 2.13. The van der Waals surface area contributed by atoms with Crippen LogP contribution in [-0.4, -0.2) is 23.7 Å². The molecule has 114 valence electrons. The highest BCUT2D eigenvalue weighted by Crippen LogP contribution is 2.24. The van der Waals surface area contributed by atoms with E-state index < -0.39 is 0 Å². The van der Waals surface area contributed by atoms with Crippen LogP contribution in [0.25, 0.3) is 10.8 Å². The van der Waals surface area contributed by atoms with Crippen molar-refractivity contribution >= 4 is 22.9 Å². The number of carbonyl (C=O) groups is 1. The topological polar surface area (TPSA) is 63.6 Å². The number of benzene rings is 2. The molecule has 3 rings (SSSR count). The molecular weight excluding hydrogens is 290 g/mol. The minimum Gasteiger partial charge on any atom is -0.483 e. The number of rotatable bonds is 5. The Kier molecular flexibility index (Phi) is 4.59. The summed E-state index contributed by atoms with van der Waals surface area (Å²) in [6, 6.07) is 17.2. The standard InChI is InChI=1S/C18H15N3O2/c22-18(21-20-12-14-5-4-10-19-11-14)13-23-17-9-3-7-15-6-1-2-8-16(15)17/h1-12H,13H2,(H,21,22)/b20-12-. The van der Waals surface area contributed by atoms with Crippen LogP contribution in [0.5, 0.6) is 5.75 Å². The fraction of sp³-hybridized carbons (Fsp3) is 0.0556. The molecule has 0 aliphatic heterocycles. The summed E-state index contributed by atoms with van der Waals surface area (Å²) in [5.74, 6) is 0.354. The summed E-state index contributed by atoms with van der Waals surface area (Å²) in [5.41, 5.74) is 3.24. The number of amides is 1. The van der Waals surface area contributed by atoms with Crippen molar-refractivity contribution in [2.24, 2.45) is 5.10 Å². The predicted molar refractivity (Wildman–Crippen MR) is 89.4 cm³/mol. The Bertz CT molecular complexity index is 827. The summed E-state index contributed by atoms with van der Waals surface area (Å²) in [7, 11) is 0. The first-order chi connectivity index (χ1) is 11.3. The van der Waals surface area contributed by atoms with Crippen molar-refractivity contribution in [3.8, 4) is 5.75 Å². The molecule has 0 saturated heterocycles. The Labute approximate surface area is 133 Å². The zero-order chi connectivity index (χ0) is 15.9. The third-order valence-electron chi connectivity index (χ3n) is 3.20. The highest BCUT2D eigenvalue weighted by atomic mass is 16.5. The van der Waals surface area contributed by atoms with E-state index in [4.69, 9.17) is 4.74 Å². The summed E-state index contributed by atoms with van der Waals surface area (Å²) in [5, 5.41) is 5.91. The summed E-state index contributed by atoms with van der Waals surface area (Å²) in [6.07, 6.45) is 4.86. The molecule has 0 bridgehead atoms. The van der Waals surface area contributed by atoms with Crippen LogP contribution >= 0.6 is 0 Å². The highest BCUT2D eigenvalue weighted by Gasteiger charge is 2.04. The van der Waals surface area contributed by atoms with Crippen LogP contribution in [-0.2, 0) is 4.79 Å². The maximum absolute atomic E-state index is 11.8. The Morgan fingerprint density at radius 2 is 2.00 bits per heavy atom. The van der Waals surface area contributed by atoms with Gasteiger partial charge in [-0.15, -0.1) is 0 Å². The first-order valence-electron chi connectivity index (χ1n) is 7.15. The second-order valence-corrected chi connectivity index (χ2v) is 4.85. The molecule has 0 unspecified atom stereocenters. The lowest BCUT2D eigenvalue weighted by Crippen LogP contribution is -2.24. The van der Waals surface area contributed by atoms with Crippen molar-refractivity contribution < 1.29 is 9.53 Å². The maximum atomic E-state index is 11.8. The lowest BCUT2D eigenvalue weighted by atomic mass is 10.1. The number of nitrogens with one attached hydrogen (secondary N) is 1. The average Bonchev–Trinajstić information content (AvgIpc) is 2.61. The summed E-state index contributed by atoms with van der Waals surface area (Å²) < 4.78 is 5.59. The minimum absolute atomic E-state index is 0.0988. The fourth-order valence-electron chi connectivity index (χ4n) is 2.13. The van der Waals surface area contributed by atoms with Crippen LogP contribution in [0.2, 0.25) is 0 Å². The molecule has 0 aliphatic rings. The molecular formula is C18H15N3O2. The van der Waals surface area contributed by atoms with Crippen LogP contribution < -0.4 is 10.2 Å². The Morgan fingerprint density at radius 1 is 1.13 bits per heavy atom. The van der Waals surface area contributed by atoms with Gasteiger partial charge in [-0.2, -0.15) is 5.10 Å². The third kappa shape index (κ3) is 3.91. The van der Waals surface area contributed by atoms with Gasteiger partial charge in [0, 0.05) is 23.3 Å². The van der Waals surface area contributed by atoms with Gasteiger partial charge in [0.2, 0.25) is 0 Å². The van der Waals surface area contributed by atoms with Gasteiger partial charge in [0.1, 0.15) is 5.75 Å². The second-order valence-electron chi connectivity index (χ2n) is 4.85. The van der Waals surface area contributed by atoms with Gasteiger partial charge < -0.3 is 4.74 Å². The van der Waals surface area contributed by atoms with Crippen molar-refractivity contribution in [2.45, 2.75) is 0 Å². The van der Waals surface area contributed by atoms with Crippen LogP contribution in [0, 0.1) is 0 Å². The zero-order valence-electron chi connectivity index (χ0n) is 12.3. The van der Waals surface area contributed by atoms with Crippen LogP contribution in [0.1, 0.15) is 5.56 Å². The van der Waals surface area contributed by atoms with Crippen LogP contribution in [0.4, 0.5) is 0 Å². The molecule has 0 radical (unpaired) electrons. The number of nitrogens with zero attached hydrogens (tertiary/aromatic N) is 2. The van der Waals surface area contributed by atoms with E-state index in [0.717, 1.165) is 16.3 Å². The van der Waals surface area contributed by atoms with E-state index in [2.05, 4.69) is 15.5 Å². The molecule has 0 spiro atoms. The number of hydrogen-bond donors (Lipinski definition) is 1. The van der Waals surface area contributed by atoms with Crippen LogP contribution in [0.15, 0.2) is 72.1 Å². The molecule has 3 aromatic rings. The highest BCUT2D eigenvalue weighted by molar-refractivity contribution is 5.88. The molecule has 5 heteroatoms. The Morgan fingerprint density at radius 3 is 2.87 bits per heavy atom. The Balaban J connectivity index is 1.57. The smallest absolute Gasteiger partial charge is 0.277 e. The first-order valence-corrected chi connectivity index (χ1v) is 7.15. The van der Waals surface area contributed by atoms with Crippen molar-refractivity contribution in [3.05, 3.63) is 72.6 Å². The van der Waals surface area contributed by atoms with Gasteiger partial charge in [-0.05, 0) is 17.5 Å². The van der Waals surface area contributed by atoms with Gasteiger partial charge in [0.25, 0.3) is 5.91 Å². The first kappa shape index (κ1) is 14.7. The van der Waals surface area contributed by atoms with Crippen LogP contribution in [0.3, 0.4) is 0 Å². The molecule has 1 heterocycles. The van der Waals surface area contributed by atoms with E-state index in [1.54, 1.807) is 18.5 Å². The lowest BCUT2D eigenvalue weighted by Gasteiger charge is -2.08. The molecule has 23 heavy (non-hydrogen) atoms. The molecule has 5 nitrogen and oxygen atoms in total. The van der Waals surface area contributed by atoms with E-state index >= 15 is 0 Å². The number of hydrogen-bond acceptors (Lipinski definition) is 4. The number of aromatic nitrogens is 1. The summed E-state index contributed by atoms with van der Waals surface area (Å²) in [4.78, 5) is 15.7. The largest absolute Gasteiger partial charge is 0.483 e. The zero-order valence-corrected chi connectivity index (χ0v) is 12.3. The van der Waals surface area contributed by atoms with E-state index in [-0.39, 0.29) is 12.5 Å². The normalized spacial score (nSPS) is 10.8. The lowest BCUT2D eigenvalue weighted by molar-refractivity contribution is -0.123. The average molecular weight is 305 g/mol. The van der Waals surface area contributed by atoms with Crippen molar-refractivity contribution in [3.63, 3.8) is 0 Å². The second kappa shape index (κ2) is 7.17. The van der Waals surface area contributed by atoms with Gasteiger partial charge in [-0.3, -0.25) is 9.78 Å². The van der Waals surface area contributed by atoms with E-state index in [0.29, 0.717) is 5.75 Å². The SMILES string of the molecule is O=C(COc1cccc2ccccc12)N/N=C\c1cccnc1. The molecule has 0 aliphatic carbocycles. The number of carbonyl (C=O) groups excluding carboxylic acids is 1. The molecule has 0 atom stereocenters. The molecule has 1 aromatic heterocycles. The molecule has 1 N–H and O–H groups in total. The van der Waals surface area contributed by atoms with Gasteiger partial charge >= 0.3 is 0 Å². The van der Waals surface area contributed by atoms with Gasteiger partial charge in [-0.25, -0.2) is 5.43 Å². The molecule has 1 amide bonds. The maximum Gasteiger partial charge on any atom is 0.277 e. The summed E-state index contributed by atoms with van der Waals surface area (Å²) in [6.45, 7) is -0.0988. The van der Waals surface area contributed by atoms with Gasteiger partial charge in [0.15, 0.2) is 6.61 Å². The van der Waals surface area contributed by atoms with E-state index in [9.17, 15) is 4.79 Å². The number of pyridine rings is 1. The van der Waals surface area contributed by atoms with E-state index in [1.165, 1.54) is 6.21 Å². The van der Waals surface area contributed by atoms with Gasteiger partial charge in [0.05, 0.1) is 6.21 Å². The molecule has 2 aromatic carbocycles. The predicted octanol–water partition coefficient (Wildman–Crippen LogP) is 2.76. The summed E-state index contributed by atoms with van der Waals surface area (Å²) >= 11 is 0. The number of ether oxygens (including phenoxy) is 1. The van der Waals surface area contributed by atoms with E-state index in [1.807, 2.05) is 48.5 Å². The van der Waals surface area contributed by atoms with Crippen molar-refractivity contribution in [1.29, 1.82) is 0 Å². The number of hydrazone groups is 1. The monoisotopic (exact) mass is 305 g/mol. The Hall–Kier alpha value is -3.21. The van der Waals surface area contributed by atoms with Crippen molar-refractivity contribution in [1.82, 2.24) is 10.4 Å². The third-order valence-corrected chi connectivity index (χ3v) is 3.20. The minimum atomic E-state index is -0.321. The van der Waals surface area contributed by atoms with Crippen molar-refractivity contribution in [2.75, 3.05) is 6.61 Å². The molecule has 0 fully saturated rings. The molecule has 0 saturated carbocycles.